The monoisotopic (exact) mass is 377 g/mol. The summed E-state index contributed by atoms with van der Waals surface area (Å²) in [6, 6.07) is 9.24. The van der Waals surface area contributed by atoms with Gasteiger partial charge in [0.15, 0.2) is 0 Å². The van der Waals surface area contributed by atoms with Gasteiger partial charge in [0.1, 0.15) is 0 Å². The summed E-state index contributed by atoms with van der Waals surface area (Å²) in [5.41, 5.74) is 0.790. The predicted molar refractivity (Wildman–Crippen MR) is 99.4 cm³/mol. The highest BCUT2D eigenvalue weighted by Gasteiger charge is 2.21. The summed E-state index contributed by atoms with van der Waals surface area (Å²) in [5.74, 6) is -0.359. The number of hydrogen-bond donors (Lipinski definition) is 1. The van der Waals surface area contributed by atoms with Crippen LogP contribution in [-0.4, -0.2) is 36.3 Å². The molecule has 1 N–H and O–H groups in total. The average molecular weight is 377 g/mol. The number of carbonyl (C=O) groups is 1. The van der Waals surface area contributed by atoms with Crippen molar-refractivity contribution in [3.63, 3.8) is 0 Å². The van der Waals surface area contributed by atoms with Crippen LogP contribution in [0.25, 0.3) is 0 Å². The van der Waals surface area contributed by atoms with Gasteiger partial charge in [-0.2, -0.15) is 4.31 Å². The van der Waals surface area contributed by atoms with Gasteiger partial charge in [-0.1, -0.05) is 26.0 Å². The molecule has 1 amide bonds. The molecule has 0 saturated carbocycles. The van der Waals surface area contributed by atoms with E-state index in [0.717, 1.165) is 5.56 Å². The van der Waals surface area contributed by atoms with Crippen LogP contribution in [0.15, 0.2) is 52.3 Å². The Balaban J connectivity index is 2.06. The first kappa shape index (κ1) is 19.9. The molecule has 2 rings (SSSR count). The van der Waals surface area contributed by atoms with Crippen LogP contribution >= 0.6 is 0 Å². The van der Waals surface area contributed by atoms with Gasteiger partial charge < -0.3 is 9.88 Å². The number of amides is 1. The maximum absolute atomic E-state index is 12.4. The average Bonchev–Trinajstić information content (AvgIpc) is 2.63. The number of pyridine rings is 1. The molecule has 0 unspecified atom stereocenters. The molecule has 0 atom stereocenters. The Morgan fingerprint density at radius 3 is 2.27 bits per heavy atom. The summed E-state index contributed by atoms with van der Waals surface area (Å²) in [4.78, 5) is 23.9. The summed E-state index contributed by atoms with van der Waals surface area (Å²) in [7, 11) is -1.88. The van der Waals surface area contributed by atoms with E-state index in [9.17, 15) is 18.0 Å². The van der Waals surface area contributed by atoms with Crippen molar-refractivity contribution < 1.29 is 13.2 Å². The normalized spacial score (nSPS) is 11.5. The van der Waals surface area contributed by atoms with Crippen molar-refractivity contribution in [3.05, 3.63) is 64.1 Å². The Morgan fingerprint density at radius 2 is 1.73 bits per heavy atom. The Kier molecular flexibility index (Phi) is 6.33. The summed E-state index contributed by atoms with van der Waals surface area (Å²) in [5, 5.41) is 2.72. The zero-order chi connectivity index (χ0) is 19.3. The fraction of sp³-hybridized carbons (Fsp3) is 0.333. The van der Waals surface area contributed by atoms with Gasteiger partial charge >= 0.3 is 0 Å². The molecule has 0 spiro atoms. The molecule has 8 heteroatoms. The van der Waals surface area contributed by atoms with Gasteiger partial charge in [0.2, 0.25) is 10.0 Å². The van der Waals surface area contributed by atoms with E-state index in [-0.39, 0.29) is 28.5 Å². The number of nitrogens with zero attached hydrogens (tertiary/aromatic N) is 2. The van der Waals surface area contributed by atoms with Crippen molar-refractivity contribution in [3.8, 4) is 0 Å². The lowest BCUT2D eigenvalue weighted by Gasteiger charge is -2.18. The van der Waals surface area contributed by atoms with E-state index in [0.29, 0.717) is 13.1 Å². The first-order valence-electron chi connectivity index (χ1n) is 8.33. The number of aryl methyl sites for hydroxylation is 1. The van der Waals surface area contributed by atoms with Crippen LogP contribution in [-0.2, 0) is 23.6 Å². The van der Waals surface area contributed by atoms with Crippen molar-refractivity contribution in [2.45, 2.75) is 25.3 Å². The maximum Gasteiger partial charge on any atom is 0.251 e. The van der Waals surface area contributed by atoms with Gasteiger partial charge in [0.05, 0.1) is 4.90 Å². The number of nitrogens with one attached hydrogen (secondary N) is 1. The third-order valence-electron chi connectivity index (χ3n) is 4.09. The second-order valence-corrected chi connectivity index (χ2v) is 7.72. The molecule has 2 aromatic rings. The minimum absolute atomic E-state index is 0.225. The molecule has 1 aromatic heterocycles. The van der Waals surface area contributed by atoms with Gasteiger partial charge in [-0.05, 0) is 23.8 Å². The van der Waals surface area contributed by atoms with Crippen LogP contribution < -0.4 is 10.9 Å². The molecule has 0 radical (unpaired) electrons. The third kappa shape index (κ3) is 4.39. The Hall–Kier alpha value is -2.45. The zero-order valence-corrected chi connectivity index (χ0v) is 15.9. The lowest BCUT2D eigenvalue weighted by atomic mass is 10.2. The molecule has 7 nitrogen and oxygen atoms in total. The van der Waals surface area contributed by atoms with Crippen LogP contribution in [0.5, 0.6) is 0 Å². The fourth-order valence-electron chi connectivity index (χ4n) is 2.47. The Bertz CT molecular complexity index is 930. The van der Waals surface area contributed by atoms with E-state index in [1.165, 1.54) is 33.3 Å². The molecular formula is C18H23N3O4S. The standard InChI is InChI=1S/C18H23N3O4S/c1-4-21(5-2)26(24,25)16-8-6-14(7-9-16)13-19-18(23)15-10-11-20(3)17(22)12-15/h6-12H,4-5,13H2,1-3H3,(H,19,23). The van der Waals surface area contributed by atoms with E-state index in [2.05, 4.69) is 5.32 Å². The lowest BCUT2D eigenvalue weighted by Crippen LogP contribution is -2.30. The highest BCUT2D eigenvalue weighted by Crippen LogP contribution is 2.16. The molecule has 140 valence electrons. The molecule has 1 heterocycles. The van der Waals surface area contributed by atoms with Gasteiger partial charge in [-0.15, -0.1) is 0 Å². The SMILES string of the molecule is CCN(CC)S(=O)(=O)c1ccc(CNC(=O)c2ccn(C)c(=O)c2)cc1. The lowest BCUT2D eigenvalue weighted by molar-refractivity contribution is 0.0950. The predicted octanol–water partition coefficient (Wildman–Crippen LogP) is 1.35. The number of carbonyl (C=O) groups excluding carboxylic acids is 1. The second-order valence-electron chi connectivity index (χ2n) is 5.78. The molecule has 1 aromatic carbocycles. The van der Waals surface area contributed by atoms with Crippen molar-refractivity contribution >= 4 is 15.9 Å². The van der Waals surface area contributed by atoms with E-state index in [1.807, 2.05) is 0 Å². The number of rotatable bonds is 7. The van der Waals surface area contributed by atoms with E-state index < -0.39 is 10.0 Å². The molecule has 0 aliphatic rings. The highest BCUT2D eigenvalue weighted by atomic mass is 32.2. The molecule has 0 aliphatic heterocycles. The quantitative estimate of drug-likeness (QED) is 0.789. The minimum atomic E-state index is -3.49. The van der Waals surface area contributed by atoms with Gasteiger partial charge in [0, 0.05) is 44.5 Å². The zero-order valence-electron chi connectivity index (χ0n) is 15.1. The van der Waals surface area contributed by atoms with Crippen molar-refractivity contribution in [2.24, 2.45) is 7.05 Å². The summed E-state index contributed by atoms with van der Waals surface area (Å²) >= 11 is 0. The molecule has 26 heavy (non-hydrogen) atoms. The van der Waals surface area contributed by atoms with E-state index >= 15 is 0 Å². The first-order valence-corrected chi connectivity index (χ1v) is 9.77. The molecule has 0 fully saturated rings. The van der Waals surface area contributed by atoms with Crippen LogP contribution in [0.3, 0.4) is 0 Å². The highest BCUT2D eigenvalue weighted by molar-refractivity contribution is 7.89. The Morgan fingerprint density at radius 1 is 1.12 bits per heavy atom. The molecule has 0 bridgehead atoms. The minimum Gasteiger partial charge on any atom is -0.348 e. The first-order chi connectivity index (χ1) is 12.3. The van der Waals surface area contributed by atoms with Gasteiger partial charge in [0.25, 0.3) is 11.5 Å². The number of hydrogen-bond acceptors (Lipinski definition) is 4. The van der Waals surface area contributed by atoms with Crippen LogP contribution in [0, 0.1) is 0 Å². The fourth-order valence-corrected chi connectivity index (χ4v) is 3.92. The third-order valence-corrected chi connectivity index (χ3v) is 6.15. The van der Waals surface area contributed by atoms with Crippen LogP contribution in [0.1, 0.15) is 29.8 Å². The largest absolute Gasteiger partial charge is 0.348 e. The summed E-state index contributed by atoms with van der Waals surface area (Å²) < 4.78 is 27.7. The topological polar surface area (TPSA) is 88.5 Å². The van der Waals surface area contributed by atoms with Crippen LogP contribution in [0.2, 0.25) is 0 Å². The maximum atomic E-state index is 12.4. The molecule has 0 aliphatic carbocycles. The van der Waals surface area contributed by atoms with E-state index in [1.54, 1.807) is 39.1 Å². The van der Waals surface area contributed by atoms with Crippen molar-refractivity contribution in [1.29, 1.82) is 0 Å². The number of aromatic nitrogens is 1. The smallest absolute Gasteiger partial charge is 0.251 e. The Labute approximate surface area is 153 Å². The number of sulfonamides is 1. The van der Waals surface area contributed by atoms with Gasteiger partial charge in [-0.25, -0.2) is 8.42 Å². The molecule has 0 saturated heterocycles. The van der Waals surface area contributed by atoms with Crippen molar-refractivity contribution in [2.75, 3.05) is 13.1 Å². The summed E-state index contributed by atoms with van der Waals surface area (Å²) in [6.45, 7) is 4.64. The molecular weight excluding hydrogens is 354 g/mol. The van der Waals surface area contributed by atoms with Gasteiger partial charge in [-0.3, -0.25) is 9.59 Å². The van der Waals surface area contributed by atoms with E-state index in [4.69, 9.17) is 0 Å². The van der Waals surface area contributed by atoms with Crippen molar-refractivity contribution in [1.82, 2.24) is 14.2 Å². The van der Waals surface area contributed by atoms with Crippen LogP contribution in [0.4, 0.5) is 0 Å². The number of benzene rings is 1. The second kappa shape index (κ2) is 8.29. The summed E-state index contributed by atoms with van der Waals surface area (Å²) in [6.07, 6.45) is 1.53.